The van der Waals surface area contributed by atoms with Crippen molar-refractivity contribution in [3.8, 4) is 0 Å². The van der Waals surface area contributed by atoms with Crippen molar-refractivity contribution in [3.05, 3.63) is 64.2 Å². The van der Waals surface area contributed by atoms with Gasteiger partial charge in [0.1, 0.15) is 0 Å². The summed E-state index contributed by atoms with van der Waals surface area (Å²) in [6.07, 6.45) is 0.805. The molecule has 0 aliphatic rings. The number of carbonyl (C=O) groups excluding carboxylic acids is 1. The van der Waals surface area contributed by atoms with E-state index < -0.39 is 27.8 Å². The molecule has 2 aromatic rings. The Morgan fingerprint density at radius 1 is 1.07 bits per heavy atom. The second kappa shape index (κ2) is 7.92. The van der Waals surface area contributed by atoms with Gasteiger partial charge in [0.05, 0.1) is 17.4 Å². The smallest absolute Gasteiger partial charge is 0.305 e. The van der Waals surface area contributed by atoms with E-state index in [0.29, 0.717) is 16.7 Å². The monoisotopic (exact) mass is 389 g/mol. The van der Waals surface area contributed by atoms with Gasteiger partial charge in [-0.2, -0.15) is 0 Å². The Labute approximate surface area is 159 Å². The Kier molecular flexibility index (Phi) is 6.05. The van der Waals surface area contributed by atoms with Gasteiger partial charge in [0.25, 0.3) is 5.91 Å². The van der Waals surface area contributed by atoms with E-state index in [1.54, 1.807) is 26.0 Å². The first kappa shape index (κ1) is 20.6. The summed E-state index contributed by atoms with van der Waals surface area (Å²) < 4.78 is 23.8. The molecule has 0 aromatic heterocycles. The number of carboxylic acid groups (broad SMARTS) is 1. The summed E-state index contributed by atoms with van der Waals surface area (Å²) in [5.41, 5.74) is 3.12. The van der Waals surface area contributed by atoms with E-state index in [0.717, 1.165) is 11.8 Å². The second-order valence-electron chi connectivity index (χ2n) is 6.67. The summed E-state index contributed by atoms with van der Waals surface area (Å²) in [5.74, 6) is -1.54. The molecule has 2 aromatic carbocycles. The van der Waals surface area contributed by atoms with Crippen LogP contribution >= 0.6 is 0 Å². The molecule has 1 atom stereocenters. The number of aryl methyl sites for hydroxylation is 2. The lowest BCUT2D eigenvalue weighted by atomic mass is 9.97. The summed E-state index contributed by atoms with van der Waals surface area (Å²) in [6, 6.07) is 9.37. The van der Waals surface area contributed by atoms with E-state index in [-0.39, 0.29) is 16.9 Å². The molecular formula is C20H23NO5S. The molecule has 0 saturated carbocycles. The zero-order valence-corrected chi connectivity index (χ0v) is 16.6. The highest BCUT2D eigenvalue weighted by molar-refractivity contribution is 7.90. The fourth-order valence-corrected chi connectivity index (χ4v) is 3.63. The van der Waals surface area contributed by atoms with Crippen molar-refractivity contribution in [2.45, 2.75) is 38.1 Å². The van der Waals surface area contributed by atoms with Crippen molar-refractivity contribution >= 4 is 21.7 Å². The predicted molar refractivity (Wildman–Crippen MR) is 103 cm³/mol. The van der Waals surface area contributed by atoms with Crippen LogP contribution in [0, 0.1) is 20.8 Å². The zero-order chi connectivity index (χ0) is 20.4. The van der Waals surface area contributed by atoms with Crippen molar-refractivity contribution in [2.75, 3.05) is 6.26 Å². The van der Waals surface area contributed by atoms with Gasteiger partial charge in [-0.3, -0.25) is 9.59 Å². The number of benzene rings is 2. The van der Waals surface area contributed by atoms with Crippen molar-refractivity contribution in [2.24, 2.45) is 0 Å². The molecule has 0 spiro atoms. The Hall–Kier alpha value is -2.67. The average Bonchev–Trinajstić information content (AvgIpc) is 2.55. The zero-order valence-electron chi connectivity index (χ0n) is 15.7. The SMILES string of the molecule is Cc1ccccc1C(CC(=O)O)NC(=O)c1cc(S(C)(=O)=O)cc(C)c1C. The third kappa shape index (κ3) is 4.95. The number of aliphatic carboxylic acids is 1. The fourth-order valence-electron chi connectivity index (χ4n) is 2.90. The van der Waals surface area contributed by atoms with Crippen LogP contribution in [0.1, 0.15) is 45.1 Å². The number of rotatable bonds is 6. The number of carbonyl (C=O) groups is 2. The van der Waals surface area contributed by atoms with E-state index >= 15 is 0 Å². The van der Waals surface area contributed by atoms with Crippen LogP contribution in [0.4, 0.5) is 0 Å². The summed E-state index contributed by atoms with van der Waals surface area (Å²) in [6.45, 7) is 5.31. The number of amides is 1. The number of hydrogen-bond donors (Lipinski definition) is 2. The Balaban J connectivity index is 2.45. The molecule has 2 N–H and O–H groups in total. The van der Waals surface area contributed by atoms with E-state index in [9.17, 15) is 23.1 Å². The standard InChI is InChI=1S/C20H23NO5S/c1-12-7-5-6-8-16(12)18(11-19(22)23)21-20(24)17-10-15(27(4,25)26)9-13(2)14(17)3/h5-10,18H,11H2,1-4H3,(H,21,24)(H,22,23). The van der Waals surface area contributed by atoms with E-state index in [1.165, 1.54) is 12.1 Å². The summed E-state index contributed by atoms with van der Waals surface area (Å²) in [5, 5.41) is 12.0. The quantitative estimate of drug-likeness (QED) is 0.791. The first-order valence-electron chi connectivity index (χ1n) is 8.40. The lowest BCUT2D eigenvalue weighted by Gasteiger charge is -2.20. The van der Waals surface area contributed by atoms with E-state index in [2.05, 4.69) is 5.32 Å². The van der Waals surface area contributed by atoms with Crippen LogP contribution < -0.4 is 5.32 Å². The maximum Gasteiger partial charge on any atom is 0.305 e. The topological polar surface area (TPSA) is 101 Å². The predicted octanol–water partition coefficient (Wildman–Crippen LogP) is 2.96. The van der Waals surface area contributed by atoms with Gasteiger partial charge in [-0.05, 0) is 55.2 Å². The summed E-state index contributed by atoms with van der Waals surface area (Å²) in [7, 11) is -3.48. The second-order valence-corrected chi connectivity index (χ2v) is 8.68. The molecule has 0 radical (unpaired) electrons. The lowest BCUT2D eigenvalue weighted by molar-refractivity contribution is -0.137. The van der Waals surface area contributed by atoms with Crippen LogP contribution in [0.25, 0.3) is 0 Å². The van der Waals surface area contributed by atoms with Gasteiger partial charge < -0.3 is 10.4 Å². The van der Waals surface area contributed by atoms with Gasteiger partial charge in [0.15, 0.2) is 9.84 Å². The highest BCUT2D eigenvalue weighted by atomic mass is 32.2. The number of nitrogens with one attached hydrogen (secondary N) is 1. The minimum Gasteiger partial charge on any atom is -0.481 e. The maximum atomic E-state index is 12.9. The summed E-state index contributed by atoms with van der Waals surface area (Å²) in [4.78, 5) is 24.2. The van der Waals surface area contributed by atoms with Gasteiger partial charge in [-0.1, -0.05) is 24.3 Å². The van der Waals surface area contributed by atoms with Crippen LogP contribution in [0.2, 0.25) is 0 Å². The molecule has 144 valence electrons. The van der Waals surface area contributed by atoms with Gasteiger partial charge in [0, 0.05) is 11.8 Å². The highest BCUT2D eigenvalue weighted by Crippen LogP contribution is 2.24. The normalized spacial score (nSPS) is 12.4. The molecule has 0 bridgehead atoms. The van der Waals surface area contributed by atoms with Crippen LogP contribution in [0.5, 0.6) is 0 Å². The molecule has 7 heteroatoms. The van der Waals surface area contributed by atoms with Crippen LogP contribution in [0.15, 0.2) is 41.3 Å². The van der Waals surface area contributed by atoms with Crippen LogP contribution in [-0.4, -0.2) is 31.7 Å². The van der Waals surface area contributed by atoms with Crippen LogP contribution in [0.3, 0.4) is 0 Å². The average molecular weight is 389 g/mol. The van der Waals surface area contributed by atoms with Crippen molar-refractivity contribution in [1.82, 2.24) is 5.32 Å². The molecule has 0 heterocycles. The van der Waals surface area contributed by atoms with E-state index in [4.69, 9.17) is 0 Å². The molecular weight excluding hydrogens is 366 g/mol. The Bertz CT molecular complexity index is 995. The molecule has 2 rings (SSSR count). The third-order valence-electron chi connectivity index (χ3n) is 4.56. The Morgan fingerprint density at radius 3 is 2.26 bits per heavy atom. The van der Waals surface area contributed by atoms with Gasteiger partial charge in [0.2, 0.25) is 0 Å². The van der Waals surface area contributed by atoms with Crippen molar-refractivity contribution in [3.63, 3.8) is 0 Å². The maximum absolute atomic E-state index is 12.9. The molecule has 0 aliphatic carbocycles. The molecule has 6 nitrogen and oxygen atoms in total. The molecule has 0 saturated heterocycles. The molecule has 1 amide bonds. The van der Waals surface area contributed by atoms with E-state index in [1.807, 2.05) is 19.1 Å². The number of carboxylic acids is 1. The number of hydrogen-bond acceptors (Lipinski definition) is 4. The molecule has 0 fully saturated rings. The van der Waals surface area contributed by atoms with Gasteiger partial charge in [-0.15, -0.1) is 0 Å². The fraction of sp³-hybridized carbons (Fsp3) is 0.300. The minimum absolute atomic E-state index is 0.0569. The van der Waals surface area contributed by atoms with Crippen LogP contribution in [-0.2, 0) is 14.6 Å². The largest absolute Gasteiger partial charge is 0.481 e. The minimum atomic E-state index is -3.48. The first-order valence-corrected chi connectivity index (χ1v) is 10.3. The molecule has 27 heavy (non-hydrogen) atoms. The van der Waals surface area contributed by atoms with Crippen molar-refractivity contribution in [1.29, 1.82) is 0 Å². The number of sulfone groups is 1. The van der Waals surface area contributed by atoms with Gasteiger partial charge >= 0.3 is 5.97 Å². The highest BCUT2D eigenvalue weighted by Gasteiger charge is 2.23. The van der Waals surface area contributed by atoms with Crippen molar-refractivity contribution < 1.29 is 23.1 Å². The first-order chi connectivity index (χ1) is 12.5. The van der Waals surface area contributed by atoms with Gasteiger partial charge in [-0.25, -0.2) is 8.42 Å². The molecule has 1 unspecified atom stereocenters. The molecule has 0 aliphatic heterocycles. The Morgan fingerprint density at radius 2 is 1.70 bits per heavy atom. The summed E-state index contributed by atoms with van der Waals surface area (Å²) >= 11 is 0. The third-order valence-corrected chi connectivity index (χ3v) is 5.65. The lowest BCUT2D eigenvalue weighted by Crippen LogP contribution is -2.31.